The molecule has 0 unspecified atom stereocenters. The van der Waals surface area contributed by atoms with Crippen LogP contribution >= 0.6 is 34.7 Å². The van der Waals surface area contributed by atoms with Crippen LogP contribution in [0.15, 0.2) is 52.7 Å². The predicted octanol–water partition coefficient (Wildman–Crippen LogP) is 5.99. The van der Waals surface area contributed by atoms with Crippen molar-refractivity contribution in [3.8, 4) is 22.8 Å². The van der Waals surface area contributed by atoms with Crippen LogP contribution in [0.4, 0.5) is 5.13 Å². The van der Waals surface area contributed by atoms with Gasteiger partial charge >= 0.3 is 0 Å². The van der Waals surface area contributed by atoms with Crippen LogP contribution in [-0.4, -0.2) is 30.9 Å². The van der Waals surface area contributed by atoms with Crippen molar-refractivity contribution in [3.05, 3.63) is 52.9 Å². The van der Waals surface area contributed by atoms with Gasteiger partial charge in [-0.05, 0) is 54.6 Å². The molecule has 0 saturated heterocycles. The van der Waals surface area contributed by atoms with E-state index in [1.54, 1.807) is 26.0 Å². The largest absolute Gasteiger partial charge is 0.497 e. The highest BCUT2D eigenvalue weighted by Crippen LogP contribution is 2.35. The number of benzene rings is 2. The summed E-state index contributed by atoms with van der Waals surface area (Å²) in [5.74, 6) is 2.24. The third-order valence-electron chi connectivity index (χ3n) is 4.06. The molecule has 1 N–H and O–H groups in total. The molecule has 5 nitrogen and oxygen atoms in total. The lowest BCUT2D eigenvalue weighted by atomic mass is 10.1. The van der Waals surface area contributed by atoms with Crippen molar-refractivity contribution < 1.29 is 14.3 Å². The molecule has 3 aromatic rings. The van der Waals surface area contributed by atoms with Gasteiger partial charge in [0.05, 0.1) is 19.9 Å². The van der Waals surface area contributed by atoms with Crippen molar-refractivity contribution in [2.45, 2.75) is 17.7 Å². The van der Waals surface area contributed by atoms with Crippen molar-refractivity contribution in [3.63, 3.8) is 0 Å². The minimum atomic E-state index is -0.0415. The summed E-state index contributed by atoms with van der Waals surface area (Å²) in [6.45, 7) is 0. The Morgan fingerprint density at radius 1 is 1.17 bits per heavy atom. The van der Waals surface area contributed by atoms with Gasteiger partial charge in [-0.15, -0.1) is 23.1 Å². The van der Waals surface area contributed by atoms with Crippen LogP contribution in [0.1, 0.15) is 12.8 Å². The number of hydrogen-bond donors (Lipinski definition) is 1. The number of methoxy groups -OCH3 is 2. The Labute approximate surface area is 183 Å². The summed E-state index contributed by atoms with van der Waals surface area (Å²) in [4.78, 5) is 17.9. The van der Waals surface area contributed by atoms with Crippen molar-refractivity contribution in [2.75, 3.05) is 25.3 Å². The quantitative estimate of drug-likeness (QED) is 0.321. The van der Waals surface area contributed by atoms with Crippen LogP contribution in [0.3, 0.4) is 0 Å². The Morgan fingerprint density at radius 2 is 1.97 bits per heavy atom. The number of thioether (sulfide) groups is 1. The number of carbonyl (C=O) groups excluding carboxylic acids is 1. The van der Waals surface area contributed by atoms with E-state index in [4.69, 9.17) is 21.1 Å². The summed E-state index contributed by atoms with van der Waals surface area (Å²) < 4.78 is 10.7. The molecule has 29 heavy (non-hydrogen) atoms. The molecule has 0 bridgehead atoms. The summed E-state index contributed by atoms with van der Waals surface area (Å²) in [6.07, 6.45) is 1.22. The number of thiazole rings is 1. The van der Waals surface area contributed by atoms with E-state index in [0.717, 1.165) is 39.1 Å². The second-order valence-corrected chi connectivity index (χ2v) is 8.52. The van der Waals surface area contributed by atoms with Crippen LogP contribution in [0, 0.1) is 0 Å². The summed E-state index contributed by atoms with van der Waals surface area (Å²) in [5.41, 5.74) is 1.56. The van der Waals surface area contributed by atoms with Crippen molar-refractivity contribution in [1.82, 2.24) is 4.98 Å². The maximum atomic E-state index is 12.2. The van der Waals surface area contributed by atoms with Crippen LogP contribution in [0.25, 0.3) is 11.3 Å². The normalized spacial score (nSPS) is 10.6. The summed E-state index contributed by atoms with van der Waals surface area (Å²) in [6, 6.07) is 13.2. The lowest BCUT2D eigenvalue weighted by Gasteiger charge is -2.08. The Hall–Kier alpha value is -2.22. The molecule has 1 heterocycles. The van der Waals surface area contributed by atoms with Gasteiger partial charge in [0, 0.05) is 27.3 Å². The van der Waals surface area contributed by atoms with Gasteiger partial charge in [0.25, 0.3) is 0 Å². The van der Waals surface area contributed by atoms with Crippen molar-refractivity contribution in [1.29, 1.82) is 0 Å². The highest BCUT2D eigenvalue weighted by atomic mass is 35.5. The Bertz CT molecular complexity index is 961. The molecule has 0 aliphatic rings. The van der Waals surface area contributed by atoms with Gasteiger partial charge in [0.15, 0.2) is 5.13 Å². The van der Waals surface area contributed by atoms with Gasteiger partial charge in [0.1, 0.15) is 11.5 Å². The van der Waals surface area contributed by atoms with Crippen LogP contribution in [0.5, 0.6) is 11.5 Å². The number of anilines is 1. The predicted molar refractivity (Wildman–Crippen MR) is 121 cm³/mol. The maximum absolute atomic E-state index is 12.2. The zero-order valence-corrected chi connectivity index (χ0v) is 18.5. The van der Waals surface area contributed by atoms with Crippen LogP contribution in [0.2, 0.25) is 5.02 Å². The number of ether oxygens (including phenoxy) is 2. The molecule has 0 aliphatic heterocycles. The van der Waals surface area contributed by atoms with Gasteiger partial charge in [-0.3, -0.25) is 4.79 Å². The minimum absolute atomic E-state index is 0.0415. The molecular formula is C21H21ClN2O3S2. The van der Waals surface area contributed by atoms with Crippen LogP contribution in [-0.2, 0) is 4.79 Å². The van der Waals surface area contributed by atoms with Gasteiger partial charge in [-0.1, -0.05) is 11.6 Å². The maximum Gasteiger partial charge on any atom is 0.226 e. The molecule has 3 rings (SSSR count). The molecule has 0 spiro atoms. The fraction of sp³-hybridized carbons (Fsp3) is 0.238. The van der Waals surface area contributed by atoms with E-state index < -0.39 is 0 Å². The third-order valence-corrected chi connectivity index (χ3v) is 6.17. The smallest absolute Gasteiger partial charge is 0.226 e. The van der Waals surface area contributed by atoms with Gasteiger partial charge in [-0.2, -0.15) is 0 Å². The van der Waals surface area contributed by atoms with Crippen LogP contribution < -0.4 is 14.8 Å². The lowest BCUT2D eigenvalue weighted by molar-refractivity contribution is -0.116. The molecule has 0 saturated carbocycles. The van der Waals surface area contributed by atoms with E-state index in [-0.39, 0.29) is 5.91 Å². The third kappa shape index (κ3) is 6.13. The summed E-state index contributed by atoms with van der Waals surface area (Å²) >= 11 is 8.98. The number of hydrogen-bond acceptors (Lipinski definition) is 6. The highest BCUT2D eigenvalue weighted by Gasteiger charge is 2.13. The molecule has 1 amide bonds. The van der Waals surface area contributed by atoms with Gasteiger partial charge < -0.3 is 14.8 Å². The van der Waals surface area contributed by atoms with E-state index in [2.05, 4.69) is 10.3 Å². The molecule has 8 heteroatoms. The molecule has 2 aromatic carbocycles. The average molecular weight is 449 g/mol. The van der Waals surface area contributed by atoms with Gasteiger partial charge in [0.2, 0.25) is 5.91 Å². The average Bonchev–Trinajstić information content (AvgIpc) is 3.20. The number of nitrogens with zero attached hydrogens (tertiary/aromatic N) is 1. The second kappa shape index (κ2) is 10.5. The molecule has 0 aliphatic carbocycles. The number of halogens is 1. The first-order valence-corrected chi connectivity index (χ1v) is 11.2. The number of aromatic nitrogens is 1. The summed E-state index contributed by atoms with van der Waals surface area (Å²) in [5, 5.41) is 6.06. The van der Waals surface area contributed by atoms with E-state index in [1.165, 1.54) is 11.3 Å². The Kier molecular flexibility index (Phi) is 7.80. The Morgan fingerprint density at radius 3 is 2.69 bits per heavy atom. The molecular weight excluding hydrogens is 428 g/mol. The second-order valence-electron chi connectivity index (χ2n) is 6.06. The first-order chi connectivity index (χ1) is 14.1. The molecule has 0 atom stereocenters. The van der Waals surface area contributed by atoms with Gasteiger partial charge in [-0.25, -0.2) is 4.98 Å². The monoisotopic (exact) mass is 448 g/mol. The zero-order chi connectivity index (χ0) is 20.6. The minimum Gasteiger partial charge on any atom is -0.497 e. The lowest BCUT2D eigenvalue weighted by Crippen LogP contribution is -2.11. The molecule has 152 valence electrons. The first-order valence-electron chi connectivity index (χ1n) is 8.95. The Balaban J connectivity index is 1.52. The standard InChI is InChI=1S/C21H21ClN2O3S2/c1-26-15-7-10-19(27-2)17(12-15)18-13-29-21(23-18)24-20(25)4-3-11-28-16-8-5-14(22)6-9-16/h5-10,12-13H,3-4,11H2,1-2H3,(H,23,24,25). The fourth-order valence-electron chi connectivity index (χ4n) is 2.60. The SMILES string of the molecule is COc1ccc(OC)c(-c2csc(NC(=O)CCCSc3ccc(Cl)cc3)n2)c1. The molecule has 0 radical (unpaired) electrons. The van der Waals surface area contributed by atoms with E-state index in [1.807, 2.05) is 47.8 Å². The highest BCUT2D eigenvalue weighted by molar-refractivity contribution is 7.99. The molecule has 1 aromatic heterocycles. The van der Waals surface area contributed by atoms with E-state index in [0.29, 0.717) is 17.3 Å². The number of rotatable bonds is 9. The van der Waals surface area contributed by atoms with Crippen molar-refractivity contribution in [2.24, 2.45) is 0 Å². The molecule has 0 fully saturated rings. The zero-order valence-electron chi connectivity index (χ0n) is 16.1. The van der Waals surface area contributed by atoms with E-state index >= 15 is 0 Å². The van der Waals surface area contributed by atoms with Crippen molar-refractivity contribution >= 4 is 45.7 Å². The number of nitrogens with one attached hydrogen (secondary N) is 1. The number of amides is 1. The fourth-order valence-corrected chi connectivity index (χ4v) is 4.31. The summed E-state index contributed by atoms with van der Waals surface area (Å²) in [7, 11) is 3.23. The number of carbonyl (C=O) groups is 1. The first kappa shape index (κ1) is 21.5. The van der Waals surface area contributed by atoms with E-state index in [9.17, 15) is 4.79 Å². The topological polar surface area (TPSA) is 60.5 Å².